The van der Waals surface area contributed by atoms with E-state index in [-0.39, 0.29) is 0 Å². The van der Waals surface area contributed by atoms with Crippen LogP contribution in [-0.2, 0) is 6.42 Å². The van der Waals surface area contributed by atoms with E-state index in [1.165, 1.54) is 12.0 Å². The summed E-state index contributed by atoms with van der Waals surface area (Å²) >= 11 is 0. The van der Waals surface area contributed by atoms with Crippen LogP contribution in [0.25, 0.3) is 0 Å². The molecule has 1 rings (SSSR count). The van der Waals surface area contributed by atoms with Crippen molar-refractivity contribution in [2.45, 2.75) is 19.8 Å². The Balaban J connectivity index is 2.24. The van der Waals surface area contributed by atoms with E-state index in [9.17, 15) is 0 Å². The zero-order valence-corrected chi connectivity index (χ0v) is 9.83. The lowest BCUT2D eigenvalue weighted by Gasteiger charge is -2.07. The van der Waals surface area contributed by atoms with Crippen LogP contribution >= 0.6 is 0 Å². The molecule has 0 aliphatic carbocycles. The maximum absolute atomic E-state index is 5.55. The number of aryl methyl sites for hydroxylation is 1. The van der Waals surface area contributed by atoms with Gasteiger partial charge >= 0.3 is 0 Å². The first kappa shape index (κ1) is 12.6. The van der Waals surface area contributed by atoms with Crippen molar-refractivity contribution in [1.82, 2.24) is 5.32 Å². The van der Waals surface area contributed by atoms with Crippen LogP contribution < -0.4 is 10.1 Å². The van der Waals surface area contributed by atoms with Gasteiger partial charge in [-0.1, -0.05) is 31.4 Å². The van der Waals surface area contributed by atoms with Gasteiger partial charge in [0.15, 0.2) is 0 Å². The summed E-state index contributed by atoms with van der Waals surface area (Å²) in [6.07, 6.45) is 7.42. The SMILES string of the molecule is C#CCNCCOc1ccc(CCC)cc1. The number of ether oxygens (including phenoxy) is 1. The molecular formula is C14H19NO. The van der Waals surface area contributed by atoms with Crippen LogP contribution in [-0.4, -0.2) is 19.7 Å². The predicted molar refractivity (Wildman–Crippen MR) is 67.6 cm³/mol. The van der Waals surface area contributed by atoms with Crippen molar-refractivity contribution in [2.24, 2.45) is 0 Å². The molecule has 2 nitrogen and oxygen atoms in total. The van der Waals surface area contributed by atoms with E-state index >= 15 is 0 Å². The number of hydrogen-bond acceptors (Lipinski definition) is 2. The van der Waals surface area contributed by atoms with Gasteiger partial charge in [-0.3, -0.25) is 0 Å². The summed E-state index contributed by atoms with van der Waals surface area (Å²) in [6, 6.07) is 8.28. The first-order valence-electron chi connectivity index (χ1n) is 5.72. The second-order valence-corrected chi connectivity index (χ2v) is 3.62. The predicted octanol–water partition coefficient (Wildman–Crippen LogP) is 2.24. The summed E-state index contributed by atoms with van der Waals surface area (Å²) < 4.78 is 5.55. The molecule has 0 aromatic heterocycles. The van der Waals surface area contributed by atoms with Gasteiger partial charge < -0.3 is 10.1 Å². The topological polar surface area (TPSA) is 21.3 Å². The van der Waals surface area contributed by atoms with Gasteiger partial charge in [-0.2, -0.15) is 0 Å². The van der Waals surface area contributed by atoms with Crippen LogP contribution in [0.5, 0.6) is 5.75 Å². The Kier molecular flexibility index (Phi) is 6.13. The largest absolute Gasteiger partial charge is 0.492 e. The van der Waals surface area contributed by atoms with Crippen LogP contribution in [0.1, 0.15) is 18.9 Å². The molecule has 0 amide bonds. The molecular weight excluding hydrogens is 198 g/mol. The Morgan fingerprint density at radius 3 is 2.69 bits per heavy atom. The molecule has 1 N–H and O–H groups in total. The fraction of sp³-hybridized carbons (Fsp3) is 0.429. The van der Waals surface area contributed by atoms with Gasteiger partial charge in [-0.05, 0) is 24.1 Å². The van der Waals surface area contributed by atoms with Crippen LogP contribution in [0.3, 0.4) is 0 Å². The van der Waals surface area contributed by atoms with E-state index < -0.39 is 0 Å². The maximum Gasteiger partial charge on any atom is 0.119 e. The van der Waals surface area contributed by atoms with E-state index in [1.807, 2.05) is 12.1 Å². The van der Waals surface area contributed by atoms with Gasteiger partial charge in [0, 0.05) is 6.54 Å². The Hall–Kier alpha value is -1.46. The molecule has 0 radical (unpaired) electrons. The number of hydrogen-bond donors (Lipinski definition) is 1. The van der Waals surface area contributed by atoms with Crippen molar-refractivity contribution in [3.63, 3.8) is 0 Å². The molecule has 2 heteroatoms. The van der Waals surface area contributed by atoms with Crippen molar-refractivity contribution >= 4 is 0 Å². The molecule has 16 heavy (non-hydrogen) atoms. The van der Waals surface area contributed by atoms with Crippen molar-refractivity contribution in [3.05, 3.63) is 29.8 Å². The van der Waals surface area contributed by atoms with E-state index in [0.717, 1.165) is 18.7 Å². The molecule has 1 aromatic carbocycles. The van der Waals surface area contributed by atoms with Gasteiger partial charge in [0.05, 0.1) is 6.54 Å². The van der Waals surface area contributed by atoms with Crippen LogP contribution in [0.4, 0.5) is 0 Å². The lowest BCUT2D eigenvalue weighted by Crippen LogP contribution is -2.21. The lowest BCUT2D eigenvalue weighted by atomic mass is 10.1. The number of nitrogens with one attached hydrogen (secondary N) is 1. The highest BCUT2D eigenvalue weighted by Gasteiger charge is 1.94. The van der Waals surface area contributed by atoms with Crippen LogP contribution in [0.2, 0.25) is 0 Å². The Labute approximate surface area is 98.0 Å². The monoisotopic (exact) mass is 217 g/mol. The zero-order valence-electron chi connectivity index (χ0n) is 9.83. The normalized spacial score (nSPS) is 9.75. The van der Waals surface area contributed by atoms with Crippen molar-refractivity contribution < 1.29 is 4.74 Å². The molecule has 0 aliphatic heterocycles. The summed E-state index contributed by atoms with van der Waals surface area (Å²) in [6.45, 7) is 4.20. The standard InChI is InChI=1S/C14H19NO/c1-3-5-13-6-8-14(9-7-13)16-12-11-15-10-4-2/h2,6-9,15H,3,5,10-12H2,1H3. The minimum atomic E-state index is 0.596. The molecule has 0 unspecified atom stereocenters. The number of rotatable bonds is 7. The highest BCUT2D eigenvalue weighted by molar-refractivity contribution is 5.27. The quantitative estimate of drug-likeness (QED) is 0.558. The smallest absolute Gasteiger partial charge is 0.119 e. The van der Waals surface area contributed by atoms with Gasteiger partial charge in [0.25, 0.3) is 0 Å². The van der Waals surface area contributed by atoms with E-state index in [1.54, 1.807) is 0 Å². The summed E-state index contributed by atoms with van der Waals surface area (Å²) in [5, 5.41) is 3.08. The summed E-state index contributed by atoms with van der Waals surface area (Å²) in [5.74, 6) is 3.44. The number of terminal acetylenes is 1. The highest BCUT2D eigenvalue weighted by atomic mass is 16.5. The summed E-state index contributed by atoms with van der Waals surface area (Å²) in [5.41, 5.74) is 1.36. The molecule has 1 aromatic rings. The first-order chi connectivity index (χ1) is 7.86. The summed E-state index contributed by atoms with van der Waals surface area (Å²) in [4.78, 5) is 0. The zero-order chi connectivity index (χ0) is 11.6. The molecule has 0 bridgehead atoms. The van der Waals surface area contributed by atoms with E-state index in [0.29, 0.717) is 13.2 Å². The summed E-state index contributed by atoms with van der Waals surface area (Å²) in [7, 11) is 0. The van der Waals surface area contributed by atoms with Crippen LogP contribution in [0, 0.1) is 12.3 Å². The fourth-order valence-corrected chi connectivity index (χ4v) is 1.44. The second-order valence-electron chi connectivity index (χ2n) is 3.62. The molecule has 0 spiro atoms. The second kappa shape index (κ2) is 7.78. The fourth-order valence-electron chi connectivity index (χ4n) is 1.44. The molecule has 0 aliphatic rings. The molecule has 0 atom stereocenters. The van der Waals surface area contributed by atoms with Gasteiger partial charge in [0.2, 0.25) is 0 Å². The molecule has 0 fully saturated rings. The first-order valence-corrected chi connectivity index (χ1v) is 5.72. The van der Waals surface area contributed by atoms with Crippen molar-refractivity contribution in [2.75, 3.05) is 19.7 Å². The Morgan fingerprint density at radius 2 is 2.06 bits per heavy atom. The third-order valence-corrected chi connectivity index (χ3v) is 2.24. The highest BCUT2D eigenvalue weighted by Crippen LogP contribution is 2.12. The molecule has 0 heterocycles. The minimum absolute atomic E-state index is 0.596. The van der Waals surface area contributed by atoms with Gasteiger partial charge in [-0.25, -0.2) is 0 Å². The van der Waals surface area contributed by atoms with Gasteiger partial charge in [0.1, 0.15) is 12.4 Å². The van der Waals surface area contributed by atoms with Crippen LogP contribution in [0.15, 0.2) is 24.3 Å². The lowest BCUT2D eigenvalue weighted by molar-refractivity contribution is 0.316. The third-order valence-electron chi connectivity index (χ3n) is 2.24. The average Bonchev–Trinajstić information content (AvgIpc) is 2.31. The minimum Gasteiger partial charge on any atom is -0.492 e. The maximum atomic E-state index is 5.55. The third kappa shape index (κ3) is 4.86. The molecule has 0 saturated heterocycles. The Morgan fingerprint density at radius 1 is 1.31 bits per heavy atom. The average molecular weight is 217 g/mol. The van der Waals surface area contributed by atoms with Gasteiger partial charge in [-0.15, -0.1) is 6.42 Å². The van der Waals surface area contributed by atoms with Crippen molar-refractivity contribution in [1.29, 1.82) is 0 Å². The van der Waals surface area contributed by atoms with E-state index in [2.05, 4.69) is 30.3 Å². The molecule has 86 valence electrons. The Bertz CT molecular complexity index is 324. The number of benzene rings is 1. The van der Waals surface area contributed by atoms with Crippen molar-refractivity contribution in [3.8, 4) is 18.1 Å². The molecule has 0 saturated carbocycles. The van der Waals surface area contributed by atoms with E-state index in [4.69, 9.17) is 11.2 Å².